The minimum atomic E-state index is 0.284. The third-order valence-electron chi connectivity index (χ3n) is 2.65. The first-order valence-electron chi connectivity index (χ1n) is 5.98. The van der Waals surface area contributed by atoms with E-state index < -0.39 is 0 Å². The summed E-state index contributed by atoms with van der Waals surface area (Å²) >= 11 is 11.8. The zero-order valence-corrected chi connectivity index (χ0v) is 11.8. The second kappa shape index (κ2) is 6.63. The van der Waals surface area contributed by atoms with Gasteiger partial charge in [-0.2, -0.15) is 0 Å². The van der Waals surface area contributed by atoms with Gasteiger partial charge in [0, 0.05) is 25.5 Å². The molecule has 0 fully saturated rings. The molecule has 0 radical (unpaired) electrons. The van der Waals surface area contributed by atoms with E-state index in [1.165, 1.54) is 0 Å². The summed E-state index contributed by atoms with van der Waals surface area (Å²) in [6, 6.07) is 1.60. The van der Waals surface area contributed by atoms with Gasteiger partial charge < -0.3 is 15.6 Å². The lowest BCUT2D eigenvalue weighted by Gasteiger charge is -2.09. The lowest BCUT2D eigenvalue weighted by atomic mass is 10.3. The summed E-state index contributed by atoms with van der Waals surface area (Å²) in [5.74, 6) is 0.859. The monoisotopic (exact) mass is 299 g/mol. The van der Waals surface area contributed by atoms with Gasteiger partial charge in [-0.25, -0.2) is 9.97 Å². The summed E-state index contributed by atoms with van der Waals surface area (Å²) in [6.07, 6.45) is 7.58. The van der Waals surface area contributed by atoms with Crippen LogP contribution in [0.4, 0.5) is 11.6 Å². The fourth-order valence-corrected chi connectivity index (χ4v) is 2.08. The largest absolute Gasteiger partial charge is 0.382 e. The molecular weight excluding hydrogens is 285 g/mol. The predicted octanol–water partition coefficient (Wildman–Crippen LogP) is 3.06. The van der Waals surface area contributed by atoms with Crippen LogP contribution in [0.3, 0.4) is 0 Å². The summed E-state index contributed by atoms with van der Waals surface area (Å²) in [5, 5.41) is 4.01. The highest BCUT2D eigenvalue weighted by Gasteiger charge is 2.06. The van der Waals surface area contributed by atoms with Gasteiger partial charge in [-0.05, 0) is 18.9 Å². The molecule has 0 saturated heterocycles. The number of hydrogen-bond acceptors (Lipinski definition) is 4. The average Bonchev–Trinajstić information content (AvgIpc) is 2.88. The van der Waals surface area contributed by atoms with Gasteiger partial charge in [-0.3, -0.25) is 0 Å². The number of pyridine rings is 1. The van der Waals surface area contributed by atoms with Crippen molar-refractivity contribution in [1.82, 2.24) is 14.5 Å². The number of nitrogen functional groups attached to an aromatic ring is 1. The van der Waals surface area contributed by atoms with Crippen molar-refractivity contribution in [3.8, 4) is 0 Å². The second-order valence-electron chi connectivity index (χ2n) is 4.12. The number of anilines is 2. The number of aryl methyl sites for hydroxylation is 1. The predicted molar refractivity (Wildman–Crippen MR) is 78.6 cm³/mol. The quantitative estimate of drug-likeness (QED) is 0.804. The molecule has 2 rings (SSSR count). The maximum atomic E-state index is 6.02. The van der Waals surface area contributed by atoms with Crippen LogP contribution in [-0.2, 0) is 6.54 Å². The molecule has 102 valence electrons. The van der Waals surface area contributed by atoms with Crippen molar-refractivity contribution >= 4 is 34.8 Å². The molecule has 0 spiro atoms. The van der Waals surface area contributed by atoms with Crippen molar-refractivity contribution in [2.24, 2.45) is 0 Å². The van der Waals surface area contributed by atoms with Crippen molar-refractivity contribution in [3.63, 3.8) is 0 Å². The highest BCUT2D eigenvalue weighted by molar-refractivity contribution is 6.37. The zero-order chi connectivity index (χ0) is 13.7. The van der Waals surface area contributed by atoms with Crippen LogP contribution in [-0.4, -0.2) is 21.1 Å². The van der Waals surface area contributed by atoms with E-state index in [1.807, 2.05) is 17.1 Å². The third-order valence-corrected chi connectivity index (χ3v) is 3.24. The summed E-state index contributed by atoms with van der Waals surface area (Å²) < 4.78 is 2.05. The van der Waals surface area contributed by atoms with Gasteiger partial charge in [0.1, 0.15) is 11.6 Å². The molecule has 0 atom stereocenters. The van der Waals surface area contributed by atoms with Crippen LogP contribution in [0, 0.1) is 0 Å². The minimum absolute atomic E-state index is 0.284. The van der Waals surface area contributed by atoms with Crippen molar-refractivity contribution < 1.29 is 0 Å². The van der Waals surface area contributed by atoms with Gasteiger partial charge in [-0.1, -0.05) is 23.2 Å². The maximum absolute atomic E-state index is 6.02. The van der Waals surface area contributed by atoms with Crippen LogP contribution in [0.1, 0.15) is 12.8 Å². The van der Waals surface area contributed by atoms with E-state index in [4.69, 9.17) is 28.9 Å². The molecule has 0 amide bonds. The van der Waals surface area contributed by atoms with Crippen LogP contribution < -0.4 is 11.1 Å². The van der Waals surface area contributed by atoms with Crippen LogP contribution in [0.2, 0.25) is 10.0 Å². The molecule has 2 heterocycles. The molecule has 0 aromatic carbocycles. The van der Waals surface area contributed by atoms with Crippen molar-refractivity contribution in [3.05, 3.63) is 34.8 Å². The van der Waals surface area contributed by atoms with Gasteiger partial charge in [0.05, 0.1) is 16.4 Å². The molecular formula is C12H15Cl2N5. The molecule has 0 aliphatic carbocycles. The van der Waals surface area contributed by atoms with Crippen molar-refractivity contribution in [2.75, 3.05) is 17.6 Å². The minimum Gasteiger partial charge on any atom is -0.382 e. The Kier molecular flexibility index (Phi) is 4.87. The fraction of sp³-hybridized carbons (Fsp3) is 0.333. The SMILES string of the molecule is Nc1nc(NCCCCn2ccnc2)c(Cl)cc1Cl. The van der Waals surface area contributed by atoms with E-state index in [2.05, 4.69) is 15.3 Å². The highest BCUT2D eigenvalue weighted by Crippen LogP contribution is 2.27. The van der Waals surface area contributed by atoms with Gasteiger partial charge >= 0.3 is 0 Å². The number of halogens is 2. The first-order valence-corrected chi connectivity index (χ1v) is 6.73. The molecule has 19 heavy (non-hydrogen) atoms. The van der Waals surface area contributed by atoms with Gasteiger partial charge in [-0.15, -0.1) is 0 Å². The number of nitrogens with two attached hydrogens (primary N) is 1. The van der Waals surface area contributed by atoms with E-state index in [9.17, 15) is 0 Å². The number of unbranched alkanes of at least 4 members (excludes halogenated alkanes) is 1. The lowest BCUT2D eigenvalue weighted by Crippen LogP contribution is -2.07. The van der Waals surface area contributed by atoms with Crippen molar-refractivity contribution in [2.45, 2.75) is 19.4 Å². The Bertz CT molecular complexity index is 527. The Balaban J connectivity index is 1.75. The maximum Gasteiger partial charge on any atom is 0.147 e. The number of imidazole rings is 1. The number of rotatable bonds is 6. The number of nitrogens with one attached hydrogen (secondary N) is 1. The van der Waals surface area contributed by atoms with E-state index in [0.29, 0.717) is 15.9 Å². The molecule has 0 saturated carbocycles. The molecule has 0 aliphatic rings. The molecule has 0 bridgehead atoms. The summed E-state index contributed by atoms with van der Waals surface area (Å²) in [6.45, 7) is 1.73. The first-order chi connectivity index (χ1) is 9.16. The number of hydrogen-bond donors (Lipinski definition) is 2. The molecule has 0 unspecified atom stereocenters. The van der Waals surface area contributed by atoms with Gasteiger partial charge in [0.25, 0.3) is 0 Å². The summed E-state index contributed by atoms with van der Waals surface area (Å²) in [7, 11) is 0. The topological polar surface area (TPSA) is 68.8 Å². The normalized spacial score (nSPS) is 10.6. The molecule has 2 aromatic heterocycles. The summed E-state index contributed by atoms with van der Waals surface area (Å²) in [5.41, 5.74) is 5.63. The molecule has 3 N–H and O–H groups in total. The zero-order valence-electron chi connectivity index (χ0n) is 10.3. The Morgan fingerprint density at radius 2 is 2.11 bits per heavy atom. The molecule has 7 heteroatoms. The van der Waals surface area contributed by atoms with E-state index in [1.54, 1.807) is 12.3 Å². The molecule has 5 nitrogen and oxygen atoms in total. The van der Waals surface area contributed by atoms with Crippen molar-refractivity contribution in [1.29, 1.82) is 0 Å². The second-order valence-corrected chi connectivity index (χ2v) is 4.93. The Hall–Kier alpha value is -1.46. The summed E-state index contributed by atoms with van der Waals surface area (Å²) in [4.78, 5) is 8.10. The standard InChI is InChI=1S/C12H15Cl2N5/c13-9-7-10(14)12(18-11(9)15)17-3-1-2-5-19-6-4-16-8-19/h4,6-8H,1-3,5H2,(H3,15,17,18). The Morgan fingerprint density at radius 1 is 1.26 bits per heavy atom. The fourth-order valence-electron chi connectivity index (χ4n) is 1.65. The van der Waals surface area contributed by atoms with Crippen LogP contribution >= 0.6 is 23.2 Å². The highest BCUT2D eigenvalue weighted by atomic mass is 35.5. The van der Waals surface area contributed by atoms with Gasteiger partial charge in [0.15, 0.2) is 0 Å². The van der Waals surface area contributed by atoms with E-state index in [-0.39, 0.29) is 5.82 Å². The van der Waals surface area contributed by atoms with Crippen LogP contribution in [0.15, 0.2) is 24.8 Å². The van der Waals surface area contributed by atoms with Gasteiger partial charge in [0.2, 0.25) is 0 Å². The Labute approximate surface area is 121 Å². The smallest absolute Gasteiger partial charge is 0.147 e. The van der Waals surface area contributed by atoms with E-state index in [0.717, 1.165) is 25.9 Å². The first kappa shape index (κ1) is 14.0. The number of nitrogens with zero attached hydrogens (tertiary/aromatic N) is 3. The molecule has 2 aromatic rings. The number of aromatic nitrogens is 3. The van der Waals surface area contributed by atoms with Crippen LogP contribution in [0.25, 0.3) is 0 Å². The lowest BCUT2D eigenvalue weighted by molar-refractivity contribution is 0.621. The molecule has 0 aliphatic heterocycles. The average molecular weight is 300 g/mol. The van der Waals surface area contributed by atoms with E-state index >= 15 is 0 Å². The van der Waals surface area contributed by atoms with Crippen LogP contribution in [0.5, 0.6) is 0 Å². The third kappa shape index (κ3) is 4.01. The Morgan fingerprint density at radius 3 is 2.84 bits per heavy atom.